The number of nitriles is 2. The van der Waals surface area contributed by atoms with E-state index in [1.165, 1.54) is 6.08 Å². The molecule has 0 amide bonds. The van der Waals surface area contributed by atoms with Crippen molar-refractivity contribution in [2.24, 2.45) is 0 Å². The van der Waals surface area contributed by atoms with Crippen LogP contribution >= 0.6 is 11.3 Å². The SMILES string of the molecule is N#CC(C#N)=Cc1ccsc1C(=O)O. The highest BCUT2D eigenvalue weighted by molar-refractivity contribution is 7.12. The fraction of sp³-hybridized carbons (Fsp3) is 0. The summed E-state index contributed by atoms with van der Waals surface area (Å²) in [7, 11) is 0. The first-order valence-corrected chi connectivity index (χ1v) is 4.39. The van der Waals surface area contributed by atoms with Crippen LogP contribution in [0, 0.1) is 22.7 Å². The van der Waals surface area contributed by atoms with Crippen LogP contribution in [0.25, 0.3) is 6.08 Å². The minimum absolute atomic E-state index is 0.106. The van der Waals surface area contributed by atoms with Gasteiger partial charge in [-0.3, -0.25) is 0 Å². The first-order chi connectivity index (χ1) is 6.69. The Balaban J connectivity index is 3.17. The molecule has 1 rings (SSSR count). The van der Waals surface area contributed by atoms with E-state index < -0.39 is 5.97 Å². The summed E-state index contributed by atoms with van der Waals surface area (Å²) in [5.74, 6) is -1.05. The van der Waals surface area contributed by atoms with Crippen LogP contribution in [0.2, 0.25) is 0 Å². The molecule has 0 aromatic carbocycles. The monoisotopic (exact) mass is 204 g/mol. The molecular formula is C9H4N2O2S. The van der Waals surface area contributed by atoms with Gasteiger partial charge in [-0.2, -0.15) is 10.5 Å². The molecule has 0 aliphatic heterocycles. The number of carboxylic acid groups (broad SMARTS) is 1. The van der Waals surface area contributed by atoms with Crippen LogP contribution in [0.1, 0.15) is 15.2 Å². The molecule has 0 radical (unpaired) electrons. The number of hydrogen-bond donors (Lipinski definition) is 1. The Morgan fingerprint density at radius 3 is 2.64 bits per heavy atom. The Labute approximate surface area is 83.9 Å². The van der Waals surface area contributed by atoms with Crippen molar-refractivity contribution in [3.05, 3.63) is 27.5 Å². The van der Waals surface area contributed by atoms with Crippen LogP contribution in [0.5, 0.6) is 0 Å². The van der Waals surface area contributed by atoms with Crippen molar-refractivity contribution in [2.45, 2.75) is 0 Å². The molecule has 0 saturated heterocycles. The number of rotatable bonds is 2. The van der Waals surface area contributed by atoms with Gasteiger partial charge >= 0.3 is 5.97 Å². The molecule has 1 aromatic rings. The number of nitrogens with zero attached hydrogens (tertiary/aromatic N) is 2. The topological polar surface area (TPSA) is 84.9 Å². The van der Waals surface area contributed by atoms with Gasteiger partial charge in [-0.05, 0) is 17.5 Å². The van der Waals surface area contributed by atoms with E-state index in [4.69, 9.17) is 15.6 Å². The molecule has 68 valence electrons. The molecule has 0 aliphatic rings. The van der Waals surface area contributed by atoms with Gasteiger partial charge in [-0.25, -0.2) is 4.79 Å². The summed E-state index contributed by atoms with van der Waals surface area (Å²) in [6.07, 6.45) is 1.26. The van der Waals surface area contributed by atoms with Crippen LogP contribution < -0.4 is 0 Å². The van der Waals surface area contributed by atoms with E-state index in [-0.39, 0.29) is 10.5 Å². The summed E-state index contributed by atoms with van der Waals surface area (Å²) >= 11 is 1.06. The molecule has 1 heterocycles. The number of carbonyl (C=O) groups is 1. The molecule has 0 fully saturated rings. The zero-order valence-electron chi connectivity index (χ0n) is 6.89. The van der Waals surface area contributed by atoms with Crippen LogP contribution in [0.4, 0.5) is 0 Å². The number of allylic oxidation sites excluding steroid dienone is 1. The van der Waals surface area contributed by atoms with Gasteiger partial charge < -0.3 is 5.11 Å². The highest BCUT2D eigenvalue weighted by Crippen LogP contribution is 2.19. The fourth-order valence-electron chi connectivity index (χ4n) is 0.852. The van der Waals surface area contributed by atoms with E-state index in [0.29, 0.717) is 5.56 Å². The molecule has 0 spiro atoms. The number of carboxylic acids is 1. The average molecular weight is 204 g/mol. The summed E-state index contributed by atoms with van der Waals surface area (Å²) in [5.41, 5.74) is 0.284. The highest BCUT2D eigenvalue weighted by Gasteiger charge is 2.10. The Bertz CT molecular complexity index is 458. The lowest BCUT2D eigenvalue weighted by molar-refractivity contribution is 0.0702. The van der Waals surface area contributed by atoms with Gasteiger partial charge in [0.1, 0.15) is 22.6 Å². The van der Waals surface area contributed by atoms with Crippen molar-refractivity contribution in [3.63, 3.8) is 0 Å². The molecule has 1 N–H and O–H groups in total. The molecule has 1 aromatic heterocycles. The number of thiophene rings is 1. The molecular weight excluding hydrogens is 200 g/mol. The third-order valence-corrected chi connectivity index (χ3v) is 2.35. The van der Waals surface area contributed by atoms with Gasteiger partial charge in [0.25, 0.3) is 0 Å². The Kier molecular flexibility index (Phi) is 3.01. The van der Waals surface area contributed by atoms with Gasteiger partial charge in [0.2, 0.25) is 0 Å². The first kappa shape index (κ1) is 9.97. The predicted molar refractivity (Wildman–Crippen MR) is 50.5 cm³/mol. The van der Waals surface area contributed by atoms with Crippen molar-refractivity contribution < 1.29 is 9.90 Å². The molecule has 0 aliphatic carbocycles. The largest absolute Gasteiger partial charge is 0.477 e. The lowest BCUT2D eigenvalue weighted by atomic mass is 10.2. The average Bonchev–Trinajstić information content (AvgIpc) is 2.62. The zero-order chi connectivity index (χ0) is 10.6. The molecule has 5 heteroatoms. The van der Waals surface area contributed by atoms with E-state index in [0.717, 1.165) is 11.3 Å². The van der Waals surface area contributed by atoms with Crippen molar-refractivity contribution in [1.82, 2.24) is 0 Å². The first-order valence-electron chi connectivity index (χ1n) is 3.51. The van der Waals surface area contributed by atoms with E-state index in [9.17, 15) is 4.79 Å². The lowest BCUT2D eigenvalue weighted by Crippen LogP contribution is -1.94. The van der Waals surface area contributed by atoms with Gasteiger partial charge in [0, 0.05) is 5.56 Å². The van der Waals surface area contributed by atoms with Crippen molar-refractivity contribution >= 4 is 23.4 Å². The smallest absolute Gasteiger partial charge is 0.346 e. The summed E-state index contributed by atoms with van der Waals surface area (Å²) < 4.78 is 0. The minimum atomic E-state index is -1.05. The second-order valence-corrected chi connectivity index (χ2v) is 3.21. The standard InChI is InChI=1S/C9H4N2O2S/c10-4-6(5-11)3-7-1-2-14-8(7)9(12)13/h1-3H,(H,12,13). The van der Waals surface area contributed by atoms with E-state index in [1.54, 1.807) is 23.6 Å². The Morgan fingerprint density at radius 1 is 1.50 bits per heavy atom. The third-order valence-electron chi connectivity index (χ3n) is 1.43. The van der Waals surface area contributed by atoms with Gasteiger partial charge in [-0.1, -0.05) is 0 Å². The van der Waals surface area contributed by atoms with Crippen LogP contribution in [-0.4, -0.2) is 11.1 Å². The van der Waals surface area contributed by atoms with E-state index in [1.807, 2.05) is 0 Å². The summed E-state index contributed by atoms with van der Waals surface area (Å²) in [6, 6.07) is 4.89. The normalized spacial score (nSPS) is 8.43. The maximum Gasteiger partial charge on any atom is 0.346 e. The van der Waals surface area contributed by atoms with Crippen LogP contribution in [-0.2, 0) is 0 Å². The summed E-state index contributed by atoms with van der Waals surface area (Å²) in [4.78, 5) is 10.8. The summed E-state index contributed by atoms with van der Waals surface area (Å²) in [6.45, 7) is 0. The third kappa shape index (κ3) is 1.98. The second kappa shape index (κ2) is 4.22. The minimum Gasteiger partial charge on any atom is -0.477 e. The fourth-order valence-corrected chi connectivity index (χ4v) is 1.57. The highest BCUT2D eigenvalue weighted by atomic mass is 32.1. The second-order valence-electron chi connectivity index (χ2n) is 2.29. The van der Waals surface area contributed by atoms with Gasteiger partial charge in [0.05, 0.1) is 0 Å². The van der Waals surface area contributed by atoms with Gasteiger partial charge in [-0.15, -0.1) is 11.3 Å². The number of hydrogen-bond acceptors (Lipinski definition) is 4. The molecule has 4 nitrogen and oxygen atoms in total. The van der Waals surface area contributed by atoms with Crippen LogP contribution in [0.3, 0.4) is 0 Å². The maximum absolute atomic E-state index is 10.7. The van der Waals surface area contributed by atoms with Crippen molar-refractivity contribution in [3.8, 4) is 12.1 Å². The van der Waals surface area contributed by atoms with Crippen molar-refractivity contribution in [2.75, 3.05) is 0 Å². The van der Waals surface area contributed by atoms with Crippen LogP contribution in [0.15, 0.2) is 17.0 Å². The predicted octanol–water partition coefficient (Wildman–Crippen LogP) is 1.88. The summed E-state index contributed by atoms with van der Waals surface area (Å²) in [5, 5.41) is 27.3. The number of aromatic carboxylic acids is 1. The molecule has 0 saturated carbocycles. The van der Waals surface area contributed by atoms with E-state index >= 15 is 0 Å². The maximum atomic E-state index is 10.7. The molecule has 0 bridgehead atoms. The van der Waals surface area contributed by atoms with Crippen molar-refractivity contribution in [1.29, 1.82) is 10.5 Å². The van der Waals surface area contributed by atoms with E-state index in [2.05, 4.69) is 0 Å². The quantitative estimate of drug-likeness (QED) is 0.745. The Morgan fingerprint density at radius 2 is 2.14 bits per heavy atom. The Hall–Kier alpha value is -2.11. The molecule has 14 heavy (non-hydrogen) atoms. The van der Waals surface area contributed by atoms with Gasteiger partial charge in [0.15, 0.2) is 0 Å². The zero-order valence-corrected chi connectivity index (χ0v) is 7.71. The molecule has 0 atom stereocenters. The lowest BCUT2D eigenvalue weighted by Gasteiger charge is -1.90. The molecule has 0 unspecified atom stereocenters.